The number of nitrogens with two attached hydrogens (primary N) is 1. The molecule has 1 fully saturated rings. The Bertz CT molecular complexity index is 556. The molecule has 3 atom stereocenters. The van der Waals surface area contributed by atoms with Crippen LogP contribution in [0.1, 0.15) is 36.3 Å². The molecular weight excluding hydrogens is 274 g/mol. The van der Waals surface area contributed by atoms with Crippen molar-refractivity contribution in [2.45, 2.75) is 43.5 Å². The summed E-state index contributed by atoms with van der Waals surface area (Å²) in [4.78, 5) is 0. The third-order valence-electron chi connectivity index (χ3n) is 4.26. The SMILES string of the molecule is Cc1ccccc1C(CN)C(O)C1CCCCS1(=O)=O. The molecule has 4 nitrogen and oxygen atoms in total. The molecule has 1 heterocycles. The summed E-state index contributed by atoms with van der Waals surface area (Å²) in [5.41, 5.74) is 7.80. The van der Waals surface area contributed by atoms with Gasteiger partial charge < -0.3 is 10.8 Å². The number of aliphatic hydroxyl groups excluding tert-OH is 1. The molecule has 1 aliphatic heterocycles. The Morgan fingerprint density at radius 2 is 2.05 bits per heavy atom. The molecule has 0 radical (unpaired) electrons. The van der Waals surface area contributed by atoms with Crippen LogP contribution >= 0.6 is 0 Å². The molecule has 0 spiro atoms. The molecule has 0 amide bonds. The molecule has 5 heteroatoms. The Labute approximate surface area is 120 Å². The predicted molar refractivity (Wildman–Crippen MR) is 80.4 cm³/mol. The molecule has 1 aliphatic rings. The summed E-state index contributed by atoms with van der Waals surface area (Å²) in [6.07, 6.45) is 1.16. The van der Waals surface area contributed by atoms with Crippen molar-refractivity contribution in [2.24, 2.45) is 5.73 Å². The van der Waals surface area contributed by atoms with Crippen LogP contribution in [0, 0.1) is 6.92 Å². The minimum absolute atomic E-state index is 0.180. The first kappa shape index (κ1) is 15.5. The highest BCUT2D eigenvalue weighted by Gasteiger charge is 2.38. The van der Waals surface area contributed by atoms with Crippen LogP contribution in [0.15, 0.2) is 24.3 Å². The standard InChI is InChI=1S/C15H23NO3S/c1-11-6-2-3-7-12(11)13(10-16)15(17)14-8-4-5-9-20(14,18)19/h2-3,6-7,13-15,17H,4-5,8-10,16H2,1H3. The zero-order valence-corrected chi connectivity index (χ0v) is 12.6. The highest BCUT2D eigenvalue weighted by Crippen LogP contribution is 2.31. The normalized spacial score (nSPS) is 25.1. The van der Waals surface area contributed by atoms with Crippen molar-refractivity contribution < 1.29 is 13.5 Å². The quantitative estimate of drug-likeness (QED) is 0.879. The van der Waals surface area contributed by atoms with Crippen LogP contribution in [0.3, 0.4) is 0 Å². The number of sulfone groups is 1. The summed E-state index contributed by atoms with van der Waals surface area (Å²) in [7, 11) is -3.20. The summed E-state index contributed by atoms with van der Waals surface area (Å²) in [6, 6.07) is 7.70. The molecule has 0 saturated carbocycles. The second-order valence-corrected chi connectivity index (χ2v) is 7.93. The van der Waals surface area contributed by atoms with Crippen LogP contribution in [0.5, 0.6) is 0 Å². The Kier molecular flexibility index (Phi) is 4.83. The number of aliphatic hydroxyl groups is 1. The Hall–Kier alpha value is -0.910. The van der Waals surface area contributed by atoms with E-state index in [9.17, 15) is 13.5 Å². The van der Waals surface area contributed by atoms with Gasteiger partial charge in [-0.3, -0.25) is 0 Å². The van der Waals surface area contributed by atoms with Gasteiger partial charge in [0.15, 0.2) is 9.84 Å². The van der Waals surface area contributed by atoms with Gasteiger partial charge in [0.05, 0.1) is 17.1 Å². The maximum absolute atomic E-state index is 12.2. The average molecular weight is 297 g/mol. The van der Waals surface area contributed by atoms with Gasteiger partial charge in [0.25, 0.3) is 0 Å². The summed E-state index contributed by atoms with van der Waals surface area (Å²) in [6.45, 7) is 2.21. The van der Waals surface area contributed by atoms with Gasteiger partial charge in [-0.15, -0.1) is 0 Å². The molecule has 1 aromatic rings. The van der Waals surface area contributed by atoms with Gasteiger partial charge in [-0.05, 0) is 30.9 Å². The zero-order chi connectivity index (χ0) is 14.8. The molecular formula is C15H23NO3S. The van der Waals surface area contributed by atoms with E-state index in [1.807, 2.05) is 31.2 Å². The fourth-order valence-electron chi connectivity index (χ4n) is 3.08. The van der Waals surface area contributed by atoms with E-state index < -0.39 is 21.2 Å². The van der Waals surface area contributed by atoms with E-state index in [-0.39, 0.29) is 18.2 Å². The Balaban J connectivity index is 2.30. The maximum atomic E-state index is 12.2. The zero-order valence-electron chi connectivity index (χ0n) is 11.8. The van der Waals surface area contributed by atoms with Crippen molar-refractivity contribution in [1.29, 1.82) is 0 Å². The van der Waals surface area contributed by atoms with Gasteiger partial charge in [-0.1, -0.05) is 30.7 Å². The van der Waals surface area contributed by atoms with Crippen LogP contribution < -0.4 is 5.73 Å². The van der Waals surface area contributed by atoms with Crippen molar-refractivity contribution in [3.05, 3.63) is 35.4 Å². The molecule has 0 bridgehead atoms. The molecule has 3 N–H and O–H groups in total. The van der Waals surface area contributed by atoms with E-state index in [2.05, 4.69) is 0 Å². The van der Waals surface area contributed by atoms with Crippen LogP contribution in [0.25, 0.3) is 0 Å². The van der Waals surface area contributed by atoms with Gasteiger partial charge >= 0.3 is 0 Å². The van der Waals surface area contributed by atoms with Gasteiger partial charge in [0, 0.05) is 12.5 Å². The summed E-state index contributed by atoms with van der Waals surface area (Å²) in [5, 5.41) is 9.91. The van der Waals surface area contributed by atoms with E-state index in [0.29, 0.717) is 12.8 Å². The van der Waals surface area contributed by atoms with E-state index in [4.69, 9.17) is 5.73 Å². The third kappa shape index (κ3) is 3.05. The first-order valence-electron chi connectivity index (χ1n) is 7.12. The number of hydrogen-bond acceptors (Lipinski definition) is 4. The highest BCUT2D eigenvalue weighted by molar-refractivity contribution is 7.92. The number of rotatable bonds is 4. The topological polar surface area (TPSA) is 80.4 Å². The van der Waals surface area contributed by atoms with Gasteiger partial charge in [0.2, 0.25) is 0 Å². The Morgan fingerprint density at radius 3 is 2.65 bits per heavy atom. The monoisotopic (exact) mass is 297 g/mol. The van der Waals surface area contributed by atoms with Crippen molar-refractivity contribution in [1.82, 2.24) is 0 Å². The fraction of sp³-hybridized carbons (Fsp3) is 0.600. The van der Waals surface area contributed by atoms with Crippen molar-refractivity contribution in [3.63, 3.8) is 0 Å². The molecule has 0 aromatic heterocycles. The van der Waals surface area contributed by atoms with Crippen molar-refractivity contribution >= 4 is 9.84 Å². The fourth-order valence-corrected chi connectivity index (χ4v) is 5.12. The van der Waals surface area contributed by atoms with Crippen molar-refractivity contribution in [2.75, 3.05) is 12.3 Å². The molecule has 1 aromatic carbocycles. The highest BCUT2D eigenvalue weighted by atomic mass is 32.2. The smallest absolute Gasteiger partial charge is 0.155 e. The largest absolute Gasteiger partial charge is 0.391 e. The molecule has 20 heavy (non-hydrogen) atoms. The third-order valence-corrected chi connectivity index (χ3v) is 6.56. The lowest BCUT2D eigenvalue weighted by atomic mass is 9.87. The van der Waals surface area contributed by atoms with E-state index >= 15 is 0 Å². The number of benzene rings is 1. The first-order valence-corrected chi connectivity index (χ1v) is 8.84. The summed E-state index contributed by atoms with van der Waals surface area (Å²) >= 11 is 0. The van der Waals surface area contributed by atoms with Crippen LogP contribution in [0.2, 0.25) is 0 Å². The van der Waals surface area contributed by atoms with Crippen LogP contribution in [-0.2, 0) is 9.84 Å². The second-order valence-electron chi connectivity index (χ2n) is 5.59. The van der Waals surface area contributed by atoms with Gasteiger partial charge in [-0.2, -0.15) is 0 Å². The van der Waals surface area contributed by atoms with Gasteiger partial charge in [0.1, 0.15) is 0 Å². The van der Waals surface area contributed by atoms with E-state index in [0.717, 1.165) is 17.5 Å². The lowest BCUT2D eigenvalue weighted by molar-refractivity contribution is 0.133. The average Bonchev–Trinajstić information content (AvgIpc) is 2.41. The second kappa shape index (κ2) is 6.24. The van der Waals surface area contributed by atoms with Crippen LogP contribution in [-0.4, -0.2) is 37.2 Å². The lowest BCUT2D eigenvalue weighted by Crippen LogP contribution is -2.43. The summed E-state index contributed by atoms with van der Waals surface area (Å²) < 4.78 is 24.3. The molecule has 3 unspecified atom stereocenters. The predicted octanol–water partition coefficient (Wildman–Crippen LogP) is 1.37. The number of aryl methyl sites for hydroxylation is 1. The molecule has 112 valence electrons. The molecule has 1 saturated heterocycles. The Morgan fingerprint density at radius 1 is 1.35 bits per heavy atom. The minimum atomic E-state index is -3.20. The van der Waals surface area contributed by atoms with Crippen molar-refractivity contribution in [3.8, 4) is 0 Å². The van der Waals surface area contributed by atoms with Crippen LogP contribution in [0.4, 0.5) is 0 Å². The maximum Gasteiger partial charge on any atom is 0.155 e. The summed E-state index contributed by atoms with van der Waals surface area (Å²) in [5.74, 6) is -0.145. The van der Waals surface area contributed by atoms with Gasteiger partial charge in [-0.25, -0.2) is 8.42 Å². The van der Waals surface area contributed by atoms with E-state index in [1.165, 1.54) is 0 Å². The first-order chi connectivity index (χ1) is 9.47. The lowest BCUT2D eigenvalue weighted by Gasteiger charge is -2.32. The van der Waals surface area contributed by atoms with E-state index in [1.54, 1.807) is 0 Å². The molecule has 2 rings (SSSR count). The molecule has 0 aliphatic carbocycles. The number of hydrogen-bond donors (Lipinski definition) is 2. The minimum Gasteiger partial charge on any atom is -0.391 e.